The van der Waals surface area contributed by atoms with Crippen LogP contribution in [0.1, 0.15) is 24.3 Å². The number of benzene rings is 1. The number of hydrogen-bond donors (Lipinski definition) is 0. The molecule has 2 aromatic rings. The average molecular weight is 290 g/mol. The second-order valence-electron chi connectivity index (χ2n) is 4.99. The molecule has 4 nitrogen and oxygen atoms in total. The van der Waals surface area contributed by atoms with Crippen molar-refractivity contribution < 1.29 is 9.15 Å². The Hall–Kier alpha value is -1.33. The Labute approximate surface area is 122 Å². The largest absolute Gasteiger partial charge is 0.416 e. The molecule has 2 heterocycles. The molecule has 1 saturated heterocycles. The monoisotopic (exact) mass is 290 g/mol. The lowest BCUT2D eigenvalue weighted by molar-refractivity contribution is 0.0727. The first kappa shape index (κ1) is 13.6. The van der Waals surface area contributed by atoms with Crippen molar-refractivity contribution in [2.45, 2.75) is 24.5 Å². The summed E-state index contributed by atoms with van der Waals surface area (Å²) in [5.74, 6) is 2.43. The maximum atomic E-state index is 5.69. The van der Waals surface area contributed by atoms with Crippen molar-refractivity contribution in [1.82, 2.24) is 10.2 Å². The number of nitrogens with zero attached hydrogens (tertiary/aromatic N) is 2. The minimum absolute atomic E-state index is 0.683. The Morgan fingerprint density at radius 3 is 2.70 bits per heavy atom. The van der Waals surface area contributed by atoms with Gasteiger partial charge in [-0.1, -0.05) is 42.1 Å². The van der Waals surface area contributed by atoms with Gasteiger partial charge in [0.2, 0.25) is 5.89 Å². The van der Waals surface area contributed by atoms with E-state index in [9.17, 15) is 0 Å². The van der Waals surface area contributed by atoms with Gasteiger partial charge in [0.05, 0.1) is 6.42 Å². The summed E-state index contributed by atoms with van der Waals surface area (Å²) in [6.45, 7) is 1.77. The predicted octanol–water partition coefficient (Wildman–Crippen LogP) is 3.18. The molecule has 0 spiro atoms. The zero-order valence-electron chi connectivity index (χ0n) is 11.3. The Balaban J connectivity index is 1.51. The molecule has 1 aliphatic heterocycles. The molecule has 0 saturated carbocycles. The Bertz CT molecular complexity index is 524. The quantitative estimate of drug-likeness (QED) is 0.792. The van der Waals surface area contributed by atoms with Crippen molar-refractivity contribution in [1.29, 1.82) is 0 Å². The molecule has 0 amide bonds. The molecule has 0 unspecified atom stereocenters. The number of rotatable bonds is 5. The zero-order valence-corrected chi connectivity index (χ0v) is 12.1. The van der Waals surface area contributed by atoms with Crippen LogP contribution in [0.3, 0.4) is 0 Å². The highest BCUT2D eigenvalue weighted by atomic mass is 32.2. The van der Waals surface area contributed by atoms with Gasteiger partial charge in [-0.05, 0) is 24.3 Å². The SMILES string of the molecule is c1ccc(Cc2nnc(SCC3CCOCC3)o2)cc1. The smallest absolute Gasteiger partial charge is 0.276 e. The van der Waals surface area contributed by atoms with Crippen LogP contribution in [0.4, 0.5) is 0 Å². The number of aromatic nitrogens is 2. The van der Waals surface area contributed by atoms with Crippen LogP contribution in [0.25, 0.3) is 0 Å². The maximum Gasteiger partial charge on any atom is 0.276 e. The molecule has 106 valence electrons. The van der Waals surface area contributed by atoms with E-state index in [0.29, 0.717) is 23.5 Å². The van der Waals surface area contributed by atoms with Crippen molar-refractivity contribution in [3.8, 4) is 0 Å². The summed E-state index contributed by atoms with van der Waals surface area (Å²) >= 11 is 1.66. The van der Waals surface area contributed by atoms with Crippen molar-refractivity contribution in [2.24, 2.45) is 5.92 Å². The van der Waals surface area contributed by atoms with E-state index in [1.54, 1.807) is 11.8 Å². The van der Waals surface area contributed by atoms with Gasteiger partial charge in [-0.2, -0.15) is 0 Å². The first-order valence-corrected chi connectivity index (χ1v) is 7.95. The number of hydrogen-bond acceptors (Lipinski definition) is 5. The molecule has 0 bridgehead atoms. The molecule has 5 heteroatoms. The molecular formula is C15H18N2O2S. The molecule has 20 heavy (non-hydrogen) atoms. The minimum Gasteiger partial charge on any atom is -0.416 e. The van der Waals surface area contributed by atoms with E-state index >= 15 is 0 Å². The van der Waals surface area contributed by atoms with Crippen molar-refractivity contribution >= 4 is 11.8 Å². The van der Waals surface area contributed by atoms with E-state index in [1.807, 2.05) is 18.2 Å². The highest BCUT2D eigenvalue weighted by Gasteiger charge is 2.16. The van der Waals surface area contributed by atoms with Gasteiger partial charge in [-0.25, -0.2) is 0 Å². The topological polar surface area (TPSA) is 48.2 Å². The van der Waals surface area contributed by atoms with Gasteiger partial charge in [0.1, 0.15) is 0 Å². The van der Waals surface area contributed by atoms with E-state index in [1.165, 1.54) is 5.56 Å². The third kappa shape index (κ3) is 3.84. The maximum absolute atomic E-state index is 5.69. The van der Waals surface area contributed by atoms with Gasteiger partial charge in [-0.15, -0.1) is 10.2 Å². The Kier molecular flexibility index (Phi) is 4.71. The van der Waals surface area contributed by atoms with Crippen LogP contribution < -0.4 is 0 Å². The Morgan fingerprint density at radius 2 is 1.90 bits per heavy atom. The third-order valence-corrected chi connectivity index (χ3v) is 4.48. The summed E-state index contributed by atoms with van der Waals surface area (Å²) in [5.41, 5.74) is 1.19. The van der Waals surface area contributed by atoms with E-state index in [2.05, 4.69) is 22.3 Å². The van der Waals surface area contributed by atoms with E-state index < -0.39 is 0 Å². The van der Waals surface area contributed by atoms with Gasteiger partial charge in [0.25, 0.3) is 5.22 Å². The molecule has 1 aliphatic rings. The highest BCUT2D eigenvalue weighted by molar-refractivity contribution is 7.99. The van der Waals surface area contributed by atoms with Crippen molar-refractivity contribution in [2.75, 3.05) is 19.0 Å². The second-order valence-corrected chi connectivity index (χ2v) is 5.96. The first-order chi connectivity index (χ1) is 9.90. The van der Waals surface area contributed by atoms with E-state index in [0.717, 1.165) is 31.8 Å². The number of ether oxygens (including phenoxy) is 1. The normalized spacial score (nSPS) is 16.4. The summed E-state index contributed by atoms with van der Waals surface area (Å²) in [7, 11) is 0. The van der Waals surface area contributed by atoms with Gasteiger partial charge >= 0.3 is 0 Å². The third-order valence-electron chi connectivity index (χ3n) is 3.43. The average Bonchev–Trinajstić information content (AvgIpc) is 2.95. The summed E-state index contributed by atoms with van der Waals surface area (Å²) in [4.78, 5) is 0. The van der Waals surface area contributed by atoms with E-state index in [4.69, 9.17) is 9.15 Å². The van der Waals surface area contributed by atoms with Gasteiger partial charge < -0.3 is 9.15 Å². The summed E-state index contributed by atoms with van der Waals surface area (Å²) < 4.78 is 11.0. The zero-order chi connectivity index (χ0) is 13.6. The van der Waals surface area contributed by atoms with Gasteiger partial charge in [0.15, 0.2) is 0 Å². The van der Waals surface area contributed by atoms with Crippen LogP contribution in [0.15, 0.2) is 40.0 Å². The lowest BCUT2D eigenvalue weighted by Crippen LogP contribution is -2.17. The summed E-state index contributed by atoms with van der Waals surface area (Å²) in [6.07, 6.45) is 2.97. The lowest BCUT2D eigenvalue weighted by atomic mass is 10.0. The molecular weight excluding hydrogens is 272 g/mol. The van der Waals surface area contributed by atoms with Crippen LogP contribution in [-0.2, 0) is 11.2 Å². The van der Waals surface area contributed by atoms with Crippen LogP contribution in [-0.4, -0.2) is 29.2 Å². The van der Waals surface area contributed by atoms with Gasteiger partial charge in [-0.3, -0.25) is 0 Å². The fourth-order valence-corrected chi connectivity index (χ4v) is 3.21. The van der Waals surface area contributed by atoms with Crippen molar-refractivity contribution in [3.05, 3.63) is 41.8 Å². The fraction of sp³-hybridized carbons (Fsp3) is 0.467. The first-order valence-electron chi connectivity index (χ1n) is 6.97. The predicted molar refractivity (Wildman–Crippen MR) is 77.8 cm³/mol. The van der Waals surface area contributed by atoms with Gasteiger partial charge in [0, 0.05) is 19.0 Å². The van der Waals surface area contributed by atoms with Crippen LogP contribution in [0.5, 0.6) is 0 Å². The standard InChI is InChI=1S/C15H18N2O2S/c1-2-4-12(5-3-1)10-14-16-17-15(19-14)20-11-13-6-8-18-9-7-13/h1-5,13H,6-11H2. The minimum atomic E-state index is 0.683. The second kappa shape index (κ2) is 6.90. The molecule has 0 atom stereocenters. The molecule has 0 N–H and O–H groups in total. The molecule has 1 fully saturated rings. The van der Waals surface area contributed by atoms with E-state index in [-0.39, 0.29) is 0 Å². The van der Waals surface area contributed by atoms with Crippen LogP contribution in [0, 0.1) is 5.92 Å². The highest BCUT2D eigenvalue weighted by Crippen LogP contribution is 2.25. The van der Waals surface area contributed by atoms with Crippen molar-refractivity contribution in [3.63, 3.8) is 0 Å². The molecule has 1 aromatic carbocycles. The van der Waals surface area contributed by atoms with Crippen LogP contribution in [0.2, 0.25) is 0 Å². The summed E-state index contributed by atoms with van der Waals surface area (Å²) in [6, 6.07) is 10.2. The molecule has 0 aliphatic carbocycles. The molecule has 3 rings (SSSR count). The molecule has 1 aromatic heterocycles. The number of thioether (sulfide) groups is 1. The fourth-order valence-electron chi connectivity index (χ4n) is 2.24. The lowest BCUT2D eigenvalue weighted by Gasteiger charge is -2.20. The summed E-state index contributed by atoms with van der Waals surface area (Å²) in [5, 5.41) is 8.91. The van der Waals surface area contributed by atoms with Crippen LogP contribution >= 0.6 is 11.8 Å². The molecule has 0 radical (unpaired) electrons. The Morgan fingerprint density at radius 1 is 1.10 bits per heavy atom.